The standard InChI is InChI=1S/C20H32N2O5S/c1-7-14(4)22(17-8-9-28(25,26)12-17)19(23)11-27-20(24)18-10-15(5)21(13(2)3)16(18)6/h10,13-14,17H,7-9,11-12H2,1-6H3/t14-,17-/m0/s1. The molecule has 0 aliphatic carbocycles. The van der Waals surface area contributed by atoms with Crippen LogP contribution in [0.3, 0.4) is 0 Å². The minimum absolute atomic E-state index is 0.0213. The van der Waals surface area contributed by atoms with Crippen LogP contribution in [0, 0.1) is 13.8 Å². The third kappa shape index (κ3) is 4.77. The Labute approximate surface area is 168 Å². The average molecular weight is 413 g/mol. The van der Waals surface area contributed by atoms with E-state index < -0.39 is 15.8 Å². The van der Waals surface area contributed by atoms with Crippen LogP contribution < -0.4 is 0 Å². The zero-order valence-electron chi connectivity index (χ0n) is 17.7. The summed E-state index contributed by atoms with van der Waals surface area (Å²) in [6.07, 6.45) is 1.13. The summed E-state index contributed by atoms with van der Waals surface area (Å²) in [5, 5.41) is 0. The van der Waals surface area contributed by atoms with E-state index in [-0.39, 0.29) is 42.1 Å². The highest BCUT2D eigenvalue weighted by atomic mass is 32.2. The molecule has 0 bridgehead atoms. The molecular formula is C20H32N2O5S. The summed E-state index contributed by atoms with van der Waals surface area (Å²) in [5.74, 6) is -0.801. The molecule has 0 saturated carbocycles. The van der Waals surface area contributed by atoms with Crippen LogP contribution in [-0.2, 0) is 19.4 Å². The Bertz CT molecular complexity index is 841. The minimum atomic E-state index is -3.11. The predicted octanol–water partition coefficient (Wildman–Crippen LogP) is 2.66. The number of nitrogens with zero attached hydrogens (tertiary/aromatic N) is 2. The van der Waals surface area contributed by atoms with E-state index in [9.17, 15) is 18.0 Å². The molecule has 1 aliphatic rings. The van der Waals surface area contributed by atoms with Gasteiger partial charge in [0.2, 0.25) is 0 Å². The second-order valence-electron chi connectivity index (χ2n) is 7.94. The Balaban J connectivity index is 2.10. The normalized spacial score (nSPS) is 19.6. The van der Waals surface area contributed by atoms with Gasteiger partial charge in [0.25, 0.3) is 5.91 Å². The van der Waals surface area contributed by atoms with E-state index in [1.165, 1.54) is 0 Å². The molecule has 1 aliphatic heterocycles. The van der Waals surface area contributed by atoms with E-state index in [0.717, 1.165) is 11.4 Å². The smallest absolute Gasteiger partial charge is 0.340 e. The van der Waals surface area contributed by atoms with Crippen molar-refractivity contribution in [2.24, 2.45) is 0 Å². The van der Waals surface area contributed by atoms with E-state index in [1.807, 2.05) is 46.1 Å². The van der Waals surface area contributed by atoms with Crippen molar-refractivity contribution in [2.75, 3.05) is 18.1 Å². The molecule has 158 valence electrons. The van der Waals surface area contributed by atoms with Crippen LogP contribution in [0.25, 0.3) is 0 Å². The molecule has 1 aromatic rings. The maximum atomic E-state index is 12.8. The lowest BCUT2D eigenvalue weighted by molar-refractivity contribution is -0.138. The summed E-state index contributed by atoms with van der Waals surface area (Å²) >= 11 is 0. The minimum Gasteiger partial charge on any atom is -0.452 e. The van der Waals surface area contributed by atoms with Crippen molar-refractivity contribution < 1.29 is 22.7 Å². The molecule has 0 spiro atoms. The van der Waals surface area contributed by atoms with E-state index in [4.69, 9.17) is 4.74 Å². The largest absolute Gasteiger partial charge is 0.452 e. The predicted molar refractivity (Wildman–Crippen MR) is 108 cm³/mol. The fraction of sp³-hybridized carbons (Fsp3) is 0.700. The van der Waals surface area contributed by atoms with Gasteiger partial charge in [0, 0.05) is 29.5 Å². The molecule has 0 radical (unpaired) electrons. The molecule has 0 aromatic carbocycles. The number of aromatic nitrogens is 1. The zero-order chi connectivity index (χ0) is 21.2. The molecule has 0 N–H and O–H groups in total. The molecule has 0 unspecified atom stereocenters. The lowest BCUT2D eigenvalue weighted by Gasteiger charge is -2.33. The number of rotatable bonds is 7. The molecule has 1 fully saturated rings. The van der Waals surface area contributed by atoms with Crippen molar-refractivity contribution in [3.63, 3.8) is 0 Å². The van der Waals surface area contributed by atoms with Gasteiger partial charge in [-0.2, -0.15) is 0 Å². The Morgan fingerprint density at radius 3 is 2.39 bits per heavy atom. The highest BCUT2D eigenvalue weighted by molar-refractivity contribution is 7.91. The van der Waals surface area contributed by atoms with Crippen LogP contribution in [0.2, 0.25) is 0 Å². The van der Waals surface area contributed by atoms with Crippen LogP contribution in [0.4, 0.5) is 0 Å². The van der Waals surface area contributed by atoms with Crippen LogP contribution in [0.15, 0.2) is 6.07 Å². The van der Waals surface area contributed by atoms with Gasteiger partial charge in [0.05, 0.1) is 17.1 Å². The first-order chi connectivity index (χ1) is 13.0. The number of sulfone groups is 1. The maximum absolute atomic E-state index is 12.8. The summed E-state index contributed by atoms with van der Waals surface area (Å²) in [6.45, 7) is 11.3. The molecule has 7 nitrogen and oxygen atoms in total. The Kier molecular flexibility index (Phi) is 6.96. The zero-order valence-corrected chi connectivity index (χ0v) is 18.5. The number of carbonyl (C=O) groups is 2. The number of ether oxygens (including phenoxy) is 1. The van der Waals surface area contributed by atoms with E-state index in [2.05, 4.69) is 0 Å². The fourth-order valence-corrected chi connectivity index (χ4v) is 5.77. The SMILES string of the molecule is CC[C@H](C)N(C(=O)COC(=O)c1cc(C)n(C(C)C)c1C)[C@H]1CCS(=O)(=O)C1. The van der Waals surface area contributed by atoms with Gasteiger partial charge in [0.15, 0.2) is 16.4 Å². The van der Waals surface area contributed by atoms with Gasteiger partial charge in [-0.05, 0) is 53.5 Å². The number of hydrogen-bond acceptors (Lipinski definition) is 5. The molecule has 2 heterocycles. The molecule has 1 saturated heterocycles. The van der Waals surface area contributed by atoms with Gasteiger partial charge in [-0.3, -0.25) is 4.79 Å². The first-order valence-electron chi connectivity index (χ1n) is 9.85. The van der Waals surface area contributed by atoms with Crippen molar-refractivity contribution in [3.8, 4) is 0 Å². The molecule has 8 heteroatoms. The van der Waals surface area contributed by atoms with Gasteiger partial charge in [0.1, 0.15) is 0 Å². The lowest BCUT2D eigenvalue weighted by Crippen LogP contribution is -2.48. The van der Waals surface area contributed by atoms with Gasteiger partial charge in [-0.15, -0.1) is 0 Å². The van der Waals surface area contributed by atoms with Crippen LogP contribution in [0.1, 0.15) is 68.3 Å². The molecule has 28 heavy (non-hydrogen) atoms. The monoisotopic (exact) mass is 412 g/mol. The summed E-state index contributed by atoms with van der Waals surface area (Å²) in [6, 6.07) is 1.53. The molecule has 1 amide bonds. The summed E-state index contributed by atoms with van der Waals surface area (Å²) in [5.41, 5.74) is 2.23. The third-order valence-corrected chi connectivity index (χ3v) is 7.25. The van der Waals surface area contributed by atoms with Gasteiger partial charge < -0.3 is 14.2 Å². The molecule has 2 rings (SSSR count). The quantitative estimate of drug-likeness (QED) is 0.643. The molecule has 2 atom stereocenters. The number of amides is 1. The number of hydrogen-bond donors (Lipinski definition) is 0. The number of carbonyl (C=O) groups excluding carboxylic acids is 2. The first-order valence-corrected chi connectivity index (χ1v) is 11.7. The highest BCUT2D eigenvalue weighted by Gasteiger charge is 2.36. The second-order valence-corrected chi connectivity index (χ2v) is 10.2. The van der Waals surface area contributed by atoms with Crippen molar-refractivity contribution in [1.82, 2.24) is 9.47 Å². The van der Waals surface area contributed by atoms with Crippen molar-refractivity contribution in [3.05, 3.63) is 23.0 Å². The number of esters is 1. The Hall–Kier alpha value is -1.83. The maximum Gasteiger partial charge on any atom is 0.340 e. The second kappa shape index (κ2) is 8.68. The van der Waals surface area contributed by atoms with Crippen molar-refractivity contribution in [2.45, 2.75) is 72.5 Å². The van der Waals surface area contributed by atoms with E-state index in [1.54, 1.807) is 11.0 Å². The lowest BCUT2D eigenvalue weighted by atomic mass is 10.1. The molecular weight excluding hydrogens is 380 g/mol. The topological polar surface area (TPSA) is 85.7 Å². The van der Waals surface area contributed by atoms with Crippen LogP contribution in [-0.4, -0.2) is 60.0 Å². The molecule has 1 aromatic heterocycles. The average Bonchev–Trinajstić information content (AvgIpc) is 3.11. The Morgan fingerprint density at radius 2 is 1.93 bits per heavy atom. The van der Waals surface area contributed by atoms with Gasteiger partial charge in [-0.25, -0.2) is 13.2 Å². The van der Waals surface area contributed by atoms with Gasteiger partial charge >= 0.3 is 5.97 Å². The highest BCUT2D eigenvalue weighted by Crippen LogP contribution is 2.23. The van der Waals surface area contributed by atoms with Crippen LogP contribution in [0.5, 0.6) is 0 Å². The van der Waals surface area contributed by atoms with E-state index >= 15 is 0 Å². The fourth-order valence-electron chi connectivity index (χ4n) is 4.06. The number of aryl methyl sites for hydroxylation is 1. The third-order valence-electron chi connectivity index (χ3n) is 5.50. The first kappa shape index (κ1) is 22.5. The summed E-state index contributed by atoms with van der Waals surface area (Å²) < 4.78 is 31.0. The Morgan fingerprint density at radius 1 is 1.29 bits per heavy atom. The van der Waals surface area contributed by atoms with Crippen molar-refractivity contribution >= 4 is 21.7 Å². The summed E-state index contributed by atoms with van der Waals surface area (Å²) in [7, 11) is -3.11. The van der Waals surface area contributed by atoms with Gasteiger partial charge in [-0.1, -0.05) is 6.92 Å². The van der Waals surface area contributed by atoms with Crippen molar-refractivity contribution in [1.29, 1.82) is 0 Å². The van der Waals surface area contributed by atoms with Crippen LogP contribution >= 0.6 is 0 Å². The van der Waals surface area contributed by atoms with E-state index in [0.29, 0.717) is 18.4 Å². The summed E-state index contributed by atoms with van der Waals surface area (Å²) in [4.78, 5) is 26.9.